The number of aryl methyl sites for hydroxylation is 1. The molecule has 0 spiro atoms. The first kappa shape index (κ1) is 16.2. The first-order chi connectivity index (χ1) is 10.7. The Morgan fingerprint density at radius 1 is 1.32 bits per heavy atom. The maximum Gasteiger partial charge on any atom is 0.268 e. The van der Waals surface area contributed by atoms with Gasteiger partial charge in [0.2, 0.25) is 0 Å². The van der Waals surface area contributed by atoms with Crippen LogP contribution in [0.3, 0.4) is 0 Å². The summed E-state index contributed by atoms with van der Waals surface area (Å²) >= 11 is 0. The van der Waals surface area contributed by atoms with E-state index in [0.717, 1.165) is 36.3 Å². The van der Waals surface area contributed by atoms with Crippen LogP contribution in [0, 0.1) is 6.92 Å². The highest BCUT2D eigenvalue weighted by Crippen LogP contribution is 2.29. The second kappa shape index (κ2) is 7.75. The molecule has 118 valence electrons. The maximum absolute atomic E-state index is 11.9. The fourth-order valence-electron chi connectivity index (χ4n) is 2.26. The Bertz CT molecular complexity index is 680. The molecule has 0 saturated heterocycles. The minimum atomic E-state index is -0.153. The van der Waals surface area contributed by atoms with Crippen molar-refractivity contribution in [1.82, 2.24) is 15.5 Å². The summed E-state index contributed by atoms with van der Waals surface area (Å²) < 4.78 is 5.39. The number of nitrogens with one attached hydrogen (secondary N) is 2. The Kier molecular flexibility index (Phi) is 5.72. The number of methoxy groups -OCH3 is 1. The number of hydrogen-bond acceptors (Lipinski definition) is 4. The second-order valence-electron chi connectivity index (χ2n) is 5.34. The predicted molar refractivity (Wildman–Crippen MR) is 88.2 cm³/mol. The molecule has 0 saturated carbocycles. The molecule has 5 nitrogen and oxygen atoms in total. The molecule has 1 aromatic heterocycles. The quantitative estimate of drug-likeness (QED) is 0.772. The Hall–Kier alpha value is -2.14. The van der Waals surface area contributed by atoms with Crippen molar-refractivity contribution in [2.45, 2.75) is 33.2 Å². The molecule has 0 unspecified atom stereocenters. The normalized spacial score (nSPS) is 10.7. The number of benzene rings is 1. The van der Waals surface area contributed by atoms with Crippen LogP contribution in [0.4, 0.5) is 0 Å². The van der Waals surface area contributed by atoms with E-state index in [2.05, 4.69) is 22.4 Å². The van der Waals surface area contributed by atoms with Crippen molar-refractivity contribution in [3.05, 3.63) is 45.7 Å². The molecule has 0 aliphatic carbocycles. The van der Waals surface area contributed by atoms with Gasteiger partial charge >= 0.3 is 0 Å². The predicted octanol–water partition coefficient (Wildman–Crippen LogP) is 2.64. The minimum Gasteiger partial charge on any atom is -0.496 e. The van der Waals surface area contributed by atoms with Gasteiger partial charge in [-0.25, -0.2) is 5.10 Å². The van der Waals surface area contributed by atoms with Gasteiger partial charge in [-0.05, 0) is 38.1 Å². The van der Waals surface area contributed by atoms with Gasteiger partial charge in [-0.1, -0.05) is 25.0 Å². The Morgan fingerprint density at radius 3 is 2.86 bits per heavy atom. The lowest BCUT2D eigenvalue weighted by Crippen LogP contribution is -2.22. The van der Waals surface area contributed by atoms with Crippen molar-refractivity contribution in [2.24, 2.45) is 0 Å². The van der Waals surface area contributed by atoms with Crippen LogP contribution in [0.15, 0.2) is 29.1 Å². The molecule has 0 radical (unpaired) electrons. The lowest BCUT2D eigenvalue weighted by Gasteiger charge is -2.10. The number of ether oxygens (including phenoxy) is 1. The Morgan fingerprint density at radius 2 is 2.14 bits per heavy atom. The number of aromatic nitrogens is 2. The van der Waals surface area contributed by atoms with Crippen LogP contribution in [0.1, 0.15) is 30.9 Å². The Balaban J connectivity index is 2.29. The number of aromatic amines is 1. The van der Waals surface area contributed by atoms with E-state index in [9.17, 15) is 4.79 Å². The summed E-state index contributed by atoms with van der Waals surface area (Å²) in [6, 6.07) is 7.74. The number of hydrogen-bond donors (Lipinski definition) is 2. The highest BCUT2D eigenvalue weighted by atomic mass is 16.5. The number of H-pyrrole nitrogens is 1. The van der Waals surface area contributed by atoms with Crippen molar-refractivity contribution >= 4 is 0 Å². The molecule has 2 aromatic rings. The molecule has 0 bridgehead atoms. The fourth-order valence-corrected chi connectivity index (χ4v) is 2.26. The van der Waals surface area contributed by atoms with Crippen LogP contribution < -0.4 is 15.6 Å². The van der Waals surface area contributed by atoms with Gasteiger partial charge in [0.15, 0.2) is 0 Å². The van der Waals surface area contributed by atoms with E-state index in [4.69, 9.17) is 4.74 Å². The molecule has 1 aromatic carbocycles. The van der Waals surface area contributed by atoms with Gasteiger partial charge < -0.3 is 10.1 Å². The summed E-state index contributed by atoms with van der Waals surface area (Å²) in [5.74, 6) is 0.745. The van der Waals surface area contributed by atoms with Gasteiger partial charge in [-0.3, -0.25) is 4.79 Å². The van der Waals surface area contributed by atoms with E-state index in [0.29, 0.717) is 17.8 Å². The van der Waals surface area contributed by atoms with Gasteiger partial charge in [-0.2, -0.15) is 5.10 Å². The third-order valence-electron chi connectivity index (χ3n) is 3.53. The van der Waals surface area contributed by atoms with Crippen LogP contribution in [-0.4, -0.2) is 23.9 Å². The van der Waals surface area contributed by atoms with E-state index in [1.165, 1.54) is 0 Å². The van der Waals surface area contributed by atoms with Crippen LogP contribution in [0.25, 0.3) is 11.3 Å². The zero-order valence-corrected chi connectivity index (χ0v) is 13.4. The molecular formula is C17H23N3O2. The highest BCUT2D eigenvalue weighted by Gasteiger charge is 2.10. The molecule has 0 amide bonds. The molecule has 5 heteroatoms. The van der Waals surface area contributed by atoms with Gasteiger partial charge in [0, 0.05) is 17.7 Å². The van der Waals surface area contributed by atoms with Crippen molar-refractivity contribution in [2.75, 3.05) is 13.7 Å². The molecule has 0 aliphatic heterocycles. The SMILES string of the molecule is CCCCNCc1cc(-c2cc(C)ccc2OC)n[nH]c1=O. The van der Waals surface area contributed by atoms with Crippen LogP contribution in [0.5, 0.6) is 5.75 Å². The number of unbranched alkanes of at least 4 members (excludes halogenated alkanes) is 1. The molecule has 0 atom stereocenters. The first-order valence-electron chi connectivity index (χ1n) is 7.60. The van der Waals surface area contributed by atoms with Gasteiger partial charge in [0.1, 0.15) is 5.75 Å². The lowest BCUT2D eigenvalue weighted by molar-refractivity contribution is 0.416. The summed E-state index contributed by atoms with van der Waals surface area (Å²) in [7, 11) is 1.63. The smallest absolute Gasteiger partial charge is 0.268 e. The van der Waals surface area contributed by atoms with Gasteiger partial charge in [-0.15, -0.1) is 0 Å². The molecule has 1 heterocycles. The summed E-state index contributed by atoms with van der Waals surface area (Å²) in [6.45, 7) is 5.60. The van der Waals surface area contributed by atoms with Crippen molar-refractivity contribution < 1.29 is 4.74 Å². The minimum absolute atomic E-state index is 0.153. The highest BCUT2D eigenvalue weighted by molar-refractivity contribution is 5.68. The average Bonchev–Trinajstić information content (AvgIpc) is 2.53. The van der Waals surface area contributed by atoms with Crippen LogP contribution in [-0.2, 0) is 6.54 Å². The van der Waals surface area contributed by atoms with Crippen LogP contribution in [0.2, 0.25) is 0 Å². The van der Waals surface area contributed by atoms with Gasteiger partial charge in [0.05, 0.1) is 12.8 Å². The number of nitrogens with zero attached hydrogens (tertiary/aromatic N) is 1. The third-order valence-corrected chi connectivity index (χ3v) is 3.53. The van der Waals surface area contributed by atoms with E-state index < -0.39 is 0 Å². The molecule has 2 rings (SSSR count). The van der Waals surface area contributed by atoms with E-state index in [1.807, 2.05) is 31.2 Å². The van der Waals surface area contributed by atoms with Crippen molar-refractivity contribution in [3.8, 4) is 17.0 Å². The standard InChI is InChI=1S/C17H23N3O2/c1-4-5-8-18-11-13-10-15(19-20-17(13)21)14-9-12(2)6-7-16(14)22-3/h6-7,9-10,18H,4-5,8,11H2,1-3H3,(H,20,21). The van der Waals surface area contributed by atoms with Gasteiger partial charge in [0.25, 0.3) is 5.56 Å². The topological polar surface area (TPSA) is 67.0 Å². The maximum atomic E-state index is 11.9. The summed E-state index contributed by atoms with van der Waals surface area (Å²) in [5, 5.41) is 10.0. The zero-order chi connectivity index (χ0) is 15.9. The monoisotopic (exact) mass is 301 g/mol. The summed E-state index contributed by atoms with van der Waals surface area (Å²) in [5.41, 5.74) is 3.25. The van der Waals surface area contributed by atoms with E-state index in [1.54, 1.807) is 7.11 Å². The summed E-state index contributed by atoms with van der Waals surface area (Å²) in [6.07, 6.45) is 2.23. The molecule has 2 N–H and O–H groups in total. The zero-order valence-electron chi connectivity index (χ0n) is 13.4. The molecule has 0 fully saturated rings. The molecule has 22 heavy (non-hydrogen) atoms. The third kappa shape index (κ3) is 3.95. The van der Waals surface area contributed by atoms with Crippen LogP contribution >= 0.6 is 0 Å². The largest absolute Gasteiger partial charge is 0.496 e. The summed E-state index contributed by atoms with van der Waals surface area (Å²) in [4.78, 5) is 11.9. The molecule has 0 aliphatic rings. The van der Waals surface area contributed by atoms with Crippen molar-refractivity contribution in [3.63, 3.8) is 0 Å². The fraction of sp³-hybridized carbons (Fsp3) is 0.412. The lowest BCUT2D eigenvalue weighted by atomic mass is 10.1. The first-order valence-corrected chi connectivity index (χ1v) is 7.60. The molecular weight excluding hydrogens is 278 g/mol. The van der Waals surface area contributed by atoms with Crippen molar-refractivity contribution in [1.29, 1.82) is 0 Å². The second-order valence-corrected chi connectivity index (χ2v) is 5.34. The average molecular weight is 301 g/mol. The van der Waals surface area contributed by atoms with E-state index >= 15 is 0 Å². The Labute approximate surface area is 130 Å². The number of rotatable bonds is 7. The van der Waals surface area contributed by atoms with E-state index in [-0.39, 0.29) is 5.56 Å².